The SMILES string of the molecule is CC(C)C1=C2[C@H]3CC[C@@H]4[C@@]5(C)CC[C@H](OC(=O)CC(C)(C)C(=O)OC(C)(C)C)C(C)(C)[C@]5(C)CC[C@@]4(C)[C@]3(C)CC[C@@]2([C@H]2CO2)CC1=O. The number of hydrogen-bond acceptors (Lipinski definition) is 6. The molecule has 9 atom stereocenters. The molecule has 0 radical (unpaired) electrons. The van der Waals surface area contributed by atoms with Crippen LogP contribution in [0.1, 0.15) is 154 Å². The molecule has 1 heterocycles. The first-order chi connectivity index (χ1) is 21.9. The number of ether oxygens (including phenoxy) is 3. The van der Waals surface area contributed by atoms with Gasteiger partial charge in [0.25, 0.3) is 0 Å². The number of carbonyl (C=O) groups is 3. The monoisotopic (exact) mass is 666 g/mol. The molecule has 270 valence electrons. The number of fused-ring (bicyclic) bond motifs is 7. The van der Waals surface area contributed by atoms with Crippen LogP contribution in [0.5, 0.6) is 0 Å². The second-order valence-corrected chi connectivity index (χ2v) is 20.6. The second kappa shape index (κ2) is 10.9. The Balaban J connectivity index is 1.27. The van der Waals surface area contributed by atoms with Crippen molar-refractivity contribution in [3.63, 3.8) is 0 Å². The number of esters is 2. The van der Waals surface area contributed by atoms with E-state index in [9.17, 15) is 14.4 Å². The molecule has 0 aromatic carbocycles. The minimum absolute atomic E-state index is 0.00697. The zero-order chi connectivity index (χ0) is 35.7. The summed E-state index contributed by atoms with van der Waals surface area (Å²) in [6.45, 7) is 29.3. The summed E-state index contributed by atoms with van der Waals surface area (Å²) in [5, 5.41) is 0. The van der Waals surface area contributed by atoms with Crippen molar-refractivity contribution in [2.75, 3.05) is 6.61 Å². The van der Waals surface area contributed by atoms with E-state index in [0.717, 1.165) is 57.1 Å². The number of ketones is 1. The molecule has 5 aliphatic carbocycles. The van der Waals surface area contributed by atoms with E-state index in [4.69, 9.17) is 14.2 Å². The van der Waals surface area contributed by atoms with Gasteiger partial charge in [-0.3, -0.25) is 14.4 Å². The van der Waals surface area contributed by atoms with E-state index in [2.05, 4.69) is 55.4 Å². The Morgan fingerprint density at radius 2 is 1.48 bits per heavy atom. The summed E-state index contributed by atoms with van der Waals surface area (Å²) in [4.78, 5) is 40.2. The molecule has 0 aromatic rings. The maximum Gasteiger partial charge on any atom is 0.312 e. The van der Waals surface area contributed by atoms with Crippen LogP contribution < -0.4 is 0 Å². The van der Waals surface area contributed by atoms with Gasteiger partial charge in [0, 0.05) is 17.3 Å². The Morgan fingerprint density at radius 1 is 0.854 bits per heavy atom. The third kappa shape index (κ3) is 4.89. The summed E-state index contributed by atoms with van der Waals surface area (Å²) in [6, 6.07) is 0. The maximum atomic E-state index is 13.7. The standard InChI is InChI=1S/C42H66O6/c1-25(2)32-27(43)22-42(30-24-46-30)21-19-38(10)26(33(32)42)14-15-28-39(38,11)18-20-41(13)37(8,9)29(16-17-40(28,41)12)47-31(44)23-36(6,7)34(45)48-35(3,4)5/h25-26,28-30H,14-24H2,1-13H3/t26-,28+,29+,30-,38-,39-,40-,41+,42+/m1/s1. The molecule has 6 rings (SSSR count). The first-order valence-corrected chi connectivity index (χ1v) is 19.2. The highest BCUT2D eigenvalue weighted by molar-refractivity contribution is 6.01. The van der Waals surface area contributed by atoms with Crippen LogP contribution in [0.15, 0.2) is 11.1 Å². The average molecular weight is 667 g/mol. The minimum atomic E-state index is -0.958. The van der Waals surface area contributed by atoms with E-state index < -0.39 is 11.0 Å². The fourth-order valence-electron chi connectivity index (χ4n) is 12.8. The Morgan fingerprint density at radius 3 is 2.06 bits per heavy atom. The van der Waals surface area contributed by atoms with Gasteiger partial charge in [-0.2, -0.15) is 0 Å². The zero-order valence-corrected chi connectivity index (χ0v) is 32.6. The molecular formula is C42H66O6. The summed E-state index contributed by atoms with van der Waals surface area (Å²) in [6.07, 6.45) is 9.36. The molecule has 0 amide bonds. The minimum Gasteiger partial charge on any atom is -0.462 e. The molecule has 48 heavy (non-hydrogen) atoms. The molecule has 1 aliphatic heterocycles. The number of Topliss-reactive ketones (excluding diaryl/α,β-unsaturated/α-hetero) is 1. The van der Waals surface area contributed by atoms with Crippen LogP contribution >= 0.6 is 0 Å². The van der Waals surface area contributed by atoms with Gasteiger partial charge < -0.3 is 14.2 Å². The highest BCUT2D eigenvalue weighted by atomic mass is 16.6. The number of carbonyl (C=O) groups excluding carboxylic acids is 3. The maximum absolute atomic E-state index is 13.7. The predicted molar refractivity (Wildman–Crippen MR) is 188 cm³/mol. The summed E-state index contributed by atoms with van der Waals surface area (Å²) in [5.41, 5.74) is 1.13. The second-order valence-electron chi connectivity index (χ2n) is 20.6. The first kappa shape index (κ1) is 36.1. The molecular weight excluding hydrogens is 600 g/mol. The van der Waals surface area contributed by atoms with E-state index in [1.807, 2.05) is 20.8 Å². The number of rotatable bonds is 6. The van der Waals surface area contributed by atoms with Crippen LogP contribution in [-0.2, 0) is 28.6 Å². The Kier molecular flexibility index (Phi) is 8.21. The van der Waals surface area contributed by atoms with Crippen molar-refractivity contribution in [3.8, 4) is 0 Å². The lowest BCUT2D eigenvalue weighted by molar-refractivity contribution is -0.271. The summed E-state index contributed by atoms with van der Waals surface area (Å²) in [5.74, 6) is 0.952. The number of epoxide rings is 1. The molecule has 0 spiro atoms. The smallest absolute Gasteiger partial charge is 0.312 e. The van der Waals surface area contributed by atoms with Crippen molar-refractivity contribution in [2.24, 2.45) is 55.7 Å². The van der Waals surface area contributed by atoms with E-state index in [-0.39, 0.29) is 69.0 Å². The average Bonchev–Trinajstić information content (AvgIpc) is 3.75. The zero-order valence-electron chi connectivity index (χ0n) is 32.6. The molecule has 1 saturated heterocycles. The molecule has 0 N–H and O–H groups in total. The topological polar surface area (TPSA) is 82.2 Å². The van der Waals surface area contributed by atoms with Crippen LogP contribution in [0.4, 0.5) is 0 Å². The van der Waals surface area contributed by atoms with Crippen LogP contribution in [-0.4, -0.2) is 42.1 Å². The molecule has 6 aliphatic rings. The van der Waals surface area contributed by atoms with Gasteiger partial charge >= 0.3 is 11.9 Å². The van der Waals surface area contributed by atoms with E-state index in [1.165, 1.54) is 12.0 Å². The van der Waals surface area contributed by atoms with Crippen molar-refractivity contribution < 1.29 is 28.6 Å². The fraction of sp³-hybridized carbons (Fsp3) is 0.881. The number of allylic oxidation sites excluding steroid dienone is 1. The van der Waals surface area contributed by atoms with Gasteiger partial charge in [-0.05, 0) is 131 Å². The van der Waals surface area contributed by atoms with Crippen LogP contribution in [0.25, 0.3) is 0 Å². The lowest BCUT2D eigenvalue weighted by atomic mass is 9.29. The normalized spacial score (nSPS) is 43.6. The van der Waals surface area contributed by atoms with Crippen molar-refractivity contribution in [1.29, 1.82) is 0 Å². The quantitative estimate of drug-likeness (QED) is 0.208. The Labute approximate surface area is 291 Å². The van der Waals surface area contributed by atoms with Gasteiger partial charge in [-0.25, -0.2) is 0 Å². The third-order valence-electron chi connectivity index (χ3n) is 16.3. The molecule has 6 heteroatoms. The van der Waals surface area contributed by atoms with Crippen molar-refractivity contribution in [3.05, 3.63) is 11.1 Å². The Hall–Kier alpha value is -1.69. The van der Waals surface area contributed by atoms with Gasteiger partial charge in [0.05, 0.1) is 24.5 Å². The van der Waals surface area contributed by atoms with Crippen molar-refractivity contribution in [2.45, 2.75) is 172 Å². The predicted octanol–water partition coefficient (Wildman–Crippen LogP) is 9.43. The molecule has 6 nitrogen and oxygen atoms in total. The van der Waals surface area contributed by atoms with Gasteiger partial charge in [-0.1, -0.05) is 61.0 Å². The molecule has 4 saturated carbocycles. The highest BCUT2D eigenvalue weighted by Crippen LogP contribution is 2.80. The largest absolute Gasteiger partial charge is 0.462 e. The molecule has 0 unspecified atom stereocenters. The lowest BCUT2D eigenvalue weighted by Gasteiger charge is -2.75. The van der Waals surface area contributed by atoms with Crippen molar-refractivity contribution in [1.82, 2.24) is 0 Å². The Bertz CT molecular complexity index is 1410. The van der Waals surface area contributed by atoms with Gasteiger partial charge in [0.1, 0.15) is 11.7 Å². The van der Waals surface area contributed by atoms with Gasteiger partial charge in [0.2, 0.25) is 0 Å². The molecule has 0 bridgehead atoms. The van der Waals surface area contributed by atoms with E-state index in [0.29, 0.717) is 24.0 Å². The van der Waals surface area contributed by atoms with Crippen LogP contribution in [0.3, 0.4) is 0 Å². The van der Waals surface area contributed by atoms with Crippen LogP contribution in [0.2, 0.25) is 0 Å². The summed E-state index contributed by atoms with van der Waals surface area (Å²) >= 11 is 0. The van der Waals surface area contributed by atoms with Gasteiger partial charge in [-0.15, -0.1) is 0 Å². The number of hydrogen-bond donors (Lipinski definition) is 0. The van der Waals surface area contributed by atoms with E-state index in [1.54, 1.807) is 13.8 Å². The van der Waals surface area contributed by atoms with Crippen molar-refractivity contribution >= 4 is 17.7 Å². The van der Waals surface area contributed by atoms with E-state index >= 15 is 0 Å². The lowest BCUT2D eigenvalue weighted by Crippen LogP contribution is -2.69. The van der Waals surface area contributed by atoms with Gasteiger partial charge in [0.15, 0.2) is 5.78 Å². The highest BCUT2D eigenvalue weighted by Gasteiger charge is 2.74. The molecule has 0 aromatic heterocycles. The van der Waals surface area contributed by atoms with Crippen LogP contribution in [0, 0.1) is 55.7 Å². The fourth-order valence-corrected chi connectivity index (χ4v) is 12.8. The third-order valence-corrected chi connectivity index (χ3v) is 16.3. The molecule has 5 fully saturated rings. The first-order valence-electron chi connectivity index (χ1n) is 19.2. The summed E-state index contributed by atoms with van der Waals surface area (Å²) in [7, 11) is 0. The summed E-state index contributed by atoms with van der Waals surface area (Å²) < 4.78 is 18.1.